The third-order valence-corrected chi connectivity index (χ3v) is 4.14. The normalized spacial score (nSPS) is 17.8. The summed E-state index contributed by atoms with van der Waals surface area (Å²) in [6, 6.07) is 3.81. The molecule has 2 N–H and O–H groups in total. The number of nitrogens with two attached hydrogens (primary N) is 1. The molecule has 0 radical (unpaired) electrons. The van der Waals surface area contributed by atoms with Gasteiger partial charge in [-0.2, -0.15) is 0 Å². The molecule has 1 atom stereocenters. The van der Waals surface area contributed by atoms with Crippen LogP contribution in [0.4, 0.5) is 0 Å². The number of benzene rings is 1. The standard InChI is InChI=1S/C14H20ClNO2/c1-17-11-8-7-10(14(18-2)12(11)15)13(16)9-5-3-4-6-9/h7-9,13H,3-6,16H2,1-2H3. The van der Waals surface area contributed by atoms with Gasteiger partial charge in [0, 0.05) is 11.6 Å². The van der Waals surface area contributed by atoms with E-state index in [0.717, 1.165) is 5.56 Å². The number of methoxy groups -OCH3 is 2. The largest absolute Gasteiger partial charge is 0.495 e. The van der Waals surface area contributed by atoms with Crippen LogP contribution in [0.1, 0.15) is 37.3 Å². The first-order valence-electron chi connectivity index (χ1n) is 6.35. The Bertz CT molecular complexity index is 417. The third kappa shape index (κ3) is 2.43. The summed E-state index contributed by atoms with van der Waals surface area (Å²) in [6.45, 7) is 0. The molecular weight excluding hydrogens is 250 g/mol. The fraction of sp³-hybridized carbons (Fsp3) is 0.571. The molecule has 18 heavy (non-hydrogen) atoms. The van der Waals surface area contributed by atoms with Crippen molar-refractivity contribution in [2.75, 3.05) is 14.2 Å². The Hall–Kier alpha value is -0.930. The molecule has 0 amide bonds. The molecule has 0 bridgehead atoms. The average molecular weight is 270 g/mol. The van der Waals surface area contributed by atoms with Crippen LogP contribution in [0.15, 0.2) is 12.1 Å². The molecule has 1 aliphatic rings. The zero-order chi connectivity index (χ0) is 13.1. The lowest BCUT2D eigenvalue weighted by Crippen LogP contribution is -2.20. The first-order valence-corrected chi connectivity index (χ1v) is 6.72. The smallest absolute Gasteiger partial charge is 0.146 e. The van der Waals surface area contributed by atoms with Gasteiger partial charge in [0.05, 0.1) is 14.2 Å². The minimum Gasteiger partial charge on any atom is -0.495 e. The summed E-state index contributed by atoms with van der Waals surface area (Å²) in [7, 11) is 3.21. The maximum Gasteiger partial charge on any atom is 0.146 e. The Kier molecular flexibility index (Phi) is 4.36. The van der Waals surface area contributed by atoms with Gasteiger partial charge in [-0.05, 0) is 30.9 Å². The molecule has 0 aromatic heterocycles. The summed E-state index contributed by atoms with van der Waals surface area (Å²) >= 11 is 6.26. The fourth-order valence-corrected chi connectivity index (χ4v) is 3.08. The van der Waals surface area contributed by atoms with Crippen molar-refractivity contribution in [1.82, 2.24) is 0 Å². The highest BCUT2D eigenvalue weighted by atomic mass is 35.5. The van der Waals surface area contributed by atoms with Crippen LogP contribution in [0.2, 0.25) is 5.02 Å². The van der Waals surface area contributed by atoms with Gasteiger partial charge in [-0.1, -0.05) is 24.4 Å². The maximum absolute atomic E-state index is 6.36. The molecule has 3 nitrogen and oxygen atoms in total. The van der Waals surface area contributed by atoms with E-state index >= 15 is 0 Å². The molecule has 1 fully saturated rings. The molecule has 0 saturated heterocycles. The van der Waals surface area contributed by atoms with Crippen LogP contribution in [0, 0.1) is 5.92 Å². The van der Waals surface area contributed by atoms with Crippen molar-refractivity contribution in [2.45, 2.75) is 31.7 Å². The predicted molar refractivity (Wildman–Crippen MR) is 73.4 cm³/mol. The van der Waals surface area contributed by atoms with Crippen LogP contribution in [0.25, 0.3) is 0 Å². The summed E-state index contributed by atoms with van der Waals surface area (Å²) in [6.07, 6.45) is 4.91. The molecule has 2 rings (SSSR count). The first-order chi connectivity index (χ1) is 8.69. The lowest BCUT2D eigenvalue weighted by atomic mass is 9.92. The second kappa shape index (κ2) is 5.81. The minimum atomic E-state index is -0.00847. The second-order valence-electron chi connectivity index (χ2n) is 4.77. The van der Waals surface area contributed by atoms with Gasteiger partial charge in [-0.15, -0.1) is 0 Å². The fourth-order valence-electron chi connectivity index (χ4n) is 2.75. The highest BCUT2D eigenvalue weighted by Crippen LogP contribution is 2.43. The van der Waals surface area contributed by atoms with E-state index in [-0.39, 0.29) is 6.04 Å². The summed E-state index contributed by atoms with van der Waals surface area (Å²) < 4.78 is 10.6. The van der Waals surface area contributed by atoms with E-state index in [1.54, 1.807) is 14.2 Å². The Labute approximate surface area is 113 Å². The van der Waals surface area contributed by atoms with Gasteiger partial charge in [0.1, 0.15) is 16.5 Å². The second-order valence-corrected chi connectivity index (χ2v) is 5.15. The Morgan fingerprint density at radius 3 is 2.44 bits per heavy atom. The average Bonchev–Trinajstić information content (AvgIpc) is 2.91. The van der Waals surface area contributed by atoms with E-state index in [9.17, 15) is 0 Å². The third-order valence-electron chi connectivity index (χ3n) is 3.78. The van der Waals surface area contributed by atoms with Gasteiger partial charge in [0.2, 0.25) is 0 Å². The van der Waals surface area contributed by atoms with Crippen LogP contribution in [-0.4, -0.2) is 14.2 Å². The lowest BCUT2D eigenvalue weighted by Gasteiger charge is -2.22. The SMILES string of the molecule is COc1ccc(C(N)C2CCCC2)c(OC)c1Cl. The van der Waals surface area contributed by atoms with Gasteiger partial charge in [-0.25, -0.2) is 0 Å². The summed E-state index contributed by atoms with van der Waals surface area (Å²) in [5, 5.41) is 0.506. The zero-order valence-corrected chi connectivity index (χ0v) is 11.7. The molecule has 4 heteroatoms. The van der Waals surface area contributed by atoms with Crippen molar-refractivity contribution < 1.29 is 9.47 Å². The topological polar surface area (TPSA) is 44.5 Å². The first kappa shape index (κ1) is 13.5. The number of hydrogen-bond acceptors (Lipinski definition) is 3. The van der Waals surface area contributed by atoms with E-state index in [2.05, 4.69) is 0 Å². The zero-order valence-electron chi connectivity index (χ0n) is 10.9. The number of halogens is 1. The molecule has 0 heterocycles. The van der Waals surface area contributed by atoms with E-state index in [1.165, 1.54) is 25.7 Å². The molecule has 0 spiro atoms. The van der Waals surface area contributed by atoms with Crippen LogP contribution in [0.3, 0.4) is 0 Å². The molecule has 1 saturated carbocycles. The Morgan fingerprint density at radius 1 is 1.22 bits per heavy atom. The summed E-state index contributed by atoms with van der Waals surface area (Å²) in [5.41, 5.74) is 7.34. The van der Waals surface area contributed by atoms with Gasteiger partial charge in [0.15, 0.2) is 0 Å². The van der Waals surface area contributed by atoms with Crippen molar-refractivity contribution in [2.24, 2.45) is 11.7 Å². The van der Waals surface area contributed by atoms with Crippen LogP contribution in [-0.2, 0) is 0 Å². The molecule has 0 aliphatic heterocycles. The highest BCUT2D eigenvalue weighted by Gasteiger charge is 2.27. The maximum atomic E-state index is 6.36. The summed E-state index contributed by atoms with van der Waals surface area (Å²) in [5.74, 6) is 1.80. The molecule has 1 unspecified atom stereocenters. The number of hydrogen-bond donors (Lipinski definition) is 1. The van der Waals surface area contributed by atoms with Crippen molar-refractivity contribution in [1.29, 1.82) is 0 Å². The monoisotopic (exact) mass is 269 g/mol. The highest BCUT2D eigenvalue weighted by molar-refractivity contribution is 6.33. The van der Waals surface area contributed by atoms with Crippen molar-refractivity contribution >= 4 is 11.6 Å². The molecular formula is C14H20ClNO2. The lowest BCUT2D eigenvalue weighted by molar-refractivity contribution is 0.375. The van der Waals surface area contributed by atoms with Crippen molar-refractivity contribution in [3.8, 4) is 11.5 Å². The van der Waals surface area contributed by atoms with E-state index < -0.39 is 0 Å². The molecule has 1 aromatic carbocycles. The van der Waals surface area contributed by atoms with Crippen LogP contribution < -0.4 is 15.2 Å². The molecule has 1 aliphatic carbocycles. The summed E-state index contributed by atoms with van der Waals surface area (Å²) in [4.78, 5) is 0. The molecule has 100 valence electrons. The predicted octanol–water partition coefficient (Wildman–Crippen LogP) is 3.55. The van der Waals surface area contributed by atoms with Crippen molar-refractivity contribution in [3.63, 3.8) is 0 Å². The minimum absolute atomic E-state index is 0.00847. The number of rotatable bonds is 4. The van der Waals surface area contributed by atoms with Gasteiger partial charge < -0.3 is 15.2 Å². The Morgan fingerprint density at radius 2 is 1.89 bits per heavy atom. The quantitative estimate of drug-likeness (QED) is 0.909. The van der Waals surface area contributed by atoms with Crippen molar-refractivity contribution in [3.05, 3.63) is 22.7 Å². The number of ether oxygens (including phenoxy) is 2. The van der Waals surface area contributed by atoms with E-state index in [0.29, 0.717) is 22.4 Å². The Balaban J connectivity index is 2.34. The van der Waals surface area contributed by atoms with Crippen LogP contribution >= 0.6 is 11.6 Å². The van der Waals surface area contributed by atoms with Gasteiger partial charge >= 0.3 is 0 Å². The van der Waals surface area contributed by atoms with E-state index in [1.807, 2.05) is 12.1 Å². The van der Waals surface area contributed by atoms with Gasteiger partial charge in [-0.3, -0.25) is 0 Å². The van der Waals surface area contributed by atoms with Crippen LogP contribution in [0.5, 0.6) is 11.5 Å². The molecule has 1 aromatic rings. The van der Waals surface area contributed by atoms with E-state index in [4.69, 9.17) is 26.8 Å². The van der Waals surface area contributed by atoms with Gasteiger partial charge in [0.25, 0.3) is 0 Å².